The number of alkyl halides is 2. The predicted molar refractivity (Wildman–Crippen MR) is 89.3 cm³/mol. The number of amides is 1. The summed E-state index contributed by atoms with van der Waals surface area (Å²) in [4.78, 5) is 11.5. The highest BCUT2D eigenvalue weighted by Gasteiger charge is 2.16. The molecule has 0 unspecified atom stereocenters. The SMILES string of the molecule is COc1cccc(COc2ccc(C)cc2C)c1NC(=O)OC(F)F. The van der Waals surface area contributed by atoms with E-state index in [1.807, 2.05) is 32.0 Å². The van der Waals surface area contributed by atoms with Gasteiger partial charge in [-0.2, -0.15) is 8.78 Å². The quantitative estimate of drug-likeness (QED) is 0.822. The molecule has 2 aromatic rings. The molecule has 0 bridgehead atoms. The maximum absolute atomic E-state index is 12.2. The molecule has 1 amide bonds. The number of benzene rings is 2. The van der Waals surface area contributed by atoms with Crippen molar-refractivity contribution >= 4 is 11.8 Å². The molecule has 0 aliphatic carbocycles. The van der Waals surface area contributed by atoms with Crippen LogP contribution in [0.1, 0.15) is 16.7 Å². The van der Waals surface area contributed by atoms with Crippen LogP contribution in [0.5, 0.6) is 11.5 Å². The van der Waals surface area contributed by atoms with Crippen LogP contribution in [-0.4, -0.2) is 19.8 Å². The van der Waals surface area contributed by atoms with Crippen LogP contribution >= 0.6 is 0 Å². The number of carbonyl (C=O) groups excluding carboxylic acids is 1. The third-order valence-electron chi connectivity index (χ3n) is 3.47. The van der Waals surface area contributed by atoms with Crippen molar-refractivity contribution in [1.29, 1.82) is 0 Å². The first-order chi connectivity index (χ1) is 11.9. The zero-order valence-electron chi connectivity index (χ0n) is 14.1. The van der Waals surface area contributed by atoms with E-state index in [0.717, 1.165) is 11.1 Å². The molecular weight excluding hydrogens is 332 g/mol. The number of para-hydroxylation sites is 1. The average Bonchev–Trinajstić information content (AvgIpc) is 2.54. The number of aryl methyl sites for hydroxylation is 2. The minimum Gasteiger partial charge on any atom is -0.495 e. The number of methoxy groups -OCH3 is 1. The topological polar surface area (TPSA) is 56.8 Å². The van der Waals surface area contributed by atoms with Crippen molar-refractivity contribution in [2.24, 2.45) is 0 Å². The molecule has 0 heterocycles. The Labute approximate surface area is 144 Å². The van der Waals surface area contributed by atoms with Gasteiger partial charge < -0.3 is 14.2 Å². The van der Waals surface area contributed by atoms with E-state index in [-0.39, 0.29) is 12.3 Å². The van der Waals surface area contributed by atoms with E-state index in [0.29, 0.717) is 17.1 Å². The fourth-order valence-electron chi connectivity index (χ4n) is 2.34. The van der Waals surface area contributed by atoms with Crippen molar-refractivity contribution in [3.63, 3.8) is 0 Å². The van der Waals surface area contributed by atoms with Crippen LogP contribution < -0.4 is 14.8 Å². The highest BCUT2D eigenvalue weighted by molar-refractivity contribution is 5.88. The molecule has 5 nitrogen and oxygen atoms in total. The van der Waals surface area contributed by atoms with Gasteiger partial charge in [-0.25, -0.2) is 4.79 Å². The van der Waals surface area contributed by atoms with Gasteiger partial charge in [0.2, 0.25) is 0 Å². The Morgan fingerprint density at radius 3 is 2.56 bits per heavy atom. The number of halogens is 2. The van der Waals surface area contributed by atoms with Crippen molar-refractivity contribution in [2.75, 3.05) is 12.4 Å². The second-order valence-corrected chi connectivity index (χ2v) is 5.34. The molecule has 0 atom stereocenters. The number of carbonyl (C=O) groups is 1. The largest absolute Gasteiger partial charge is 0.495 e. The first kappa shape index (κ1) is 18.5. The molecule has 0 aliphatic heterocycles. The lowest BCUT2D eigenvalue weighted by Gasteiger charge is -2.16. The Balaban J connectivity index is 2.20. The van der Waals surface area contributed by atoms with E-state index >= 15 is 0 Å². The van der Waals surface area contributed by atoms with Crippen LogP contribution in [0.2, 0.25) is 0 Å². The normalized spacial score (nSPS) is 10.5. The lowest BCUT2D eigenvalue weighted by Crippen LogP contribution is -2.18. The van der Waals surface area contributed by atoms with E-state index in [1.54, 1.807) is 18.2 Å². The molecule has 2 rings (SSSR count). The van der Waals surface area contributed by atoms with Gasteiger partial charge in [0.1, 0.15) is 18.1 Å². The number of ether oxygens (including phenoxy) is 3. The van der Waals surface area contributed by atoms with Gasteiger partial charge in [-0.15, -0.1) is 0 Å². The molecule has 0 aliphatic rings. The van der Waals surface area contributed by atoms with Gasteiger partial charge in [-0.1, -0.05) is 29.8 Å². The van der Waals surface area contributed by atoms with Gasteiger partial charge in [-0.3, -0.25) is 5.32 Å². The second kappa shape index (κ2) is 8.32. The molecule has 0 saturated heterocycles. The van der Waals surface area contributed by atoms with E-state index in [1.165, 1.54) is 7.11 Å². The maximum Gasteiger partial charge on any atom is 0.416 e. The van der Waals surface area contributed by atoms with E-state index < -0.39 is 12.7 Å². The Kier molecular flexibility index (Phi) is 6.16. The average molecular weight is 351 g/mol. The summed E-state index contributed by atoms with van der Waals surface area (Å²) in [5.41, 5.74) is 2.86. The summed E-state index contributed by atoms with van der Waals surface area (Å²) < 4.78 is 39.1. The molecule has 0 aromatic heterocycles. The molecule has 2 aromatic carbocycles. The summed E-state index contributed by atoms with van der Waals surface area (Å²) in [5, 5.41) is 2.28. The molecule has 1 N–H and O–H groups in total. The van der Waals surface area contributed by atoms with Gasteiger partial charge in [-0.05, 0) is 31.5 Å². The molecule has 25 heavy (non-hydrogen) atoms. The van der Waals surface area contributed by atoms with Crippen LogP contribution in [0.3, 0.4) is 0 Å². The minimum atomic E-state index is -3.20. The zero-order chi connectivity index (χ0) is 18.4. The van der Waals surface area contributed by atoms with Crippen LogP contribution in [-0.2, 0) is 11.3 Å². The Morgan fingerprint density at radius 1 is 1.16 bits per heavy atom. The van der Waals surface area contributed by atoms with E-state index in [9.17, 15) is 13.6 Å². The summed E-state index contributed by atoms with van der Waals surface area (Å²) in [7, 11) is 1.41. The third kappa shape index (κ3) is 5.07. The minimum absolute atomic E-state index is 0.116. The molecule has 0 spiro atoms. The predicted octanol–water partition coefficient (Wildman–Crippen LogP) is 4.66. The van der Waals surface area contributed by atoms with Gasteiger partial charge in [0.05, 0.1) is 12.8 Å². The van der Waals surface area contributed by atoms with E-state index in [4.69, 9.17) is 9.47 Å². The zero-order valence-corrected chi connectivity index (χ0v) is 14.1. The first-order valence-corrected chi connectivity index (χ1v) is 7.52. The van der Waals surface area contributed by atoms with Crippen molar-refractivity contribution in [3.8, 4) is 11.5 Å². The highest BCUT2D eigenvalue weighted by atomic mass is 19.3. The number of nitrogens with one attached hydrogen (secondary N) is 1. The van der Waals surface area contributed by atoms with Crippen LogP contribution in [0.15, 0.2) is 36.4 Å². The Morgan fingerprint density at radius 2 is 1.92 bits per heavy atom. The van der Waals surface area contributed by atoms with Gasteiger partial charge in [0.15, 0.2) is 0 Å². The monoisotopic (exact) mass is 351 g/mol. The van der Waals surface area contributed by atoms with Crippen molar-refractivity contribution in [3.05, 3.63) is 53.1 Å². The highest BCUT2D eigenvalue weighted by Crippen LogP contribution is 2.30. The number of hydrogen-bond acceptors (Lipinski definition) is 4. The molecule has 0 radical (unpaired) electrons. The summed E-state index contributed by atoms with van der Waals surface area (Å²) >= 11 is 0. The number of rotatable bonds is 6. The van der Waals surface area contributed by atoms with Crippen LogP contribution in [0, 0.1) is 13.8 Å². The second-order valence-electron chi connectivity index (χ2n) is 5.34. The molecule has 134 valence electrons. The van der Waals surface area contributed by atoms with Gasteiger partial charge in [0, 0.05) is 5.56 Å². The summed E-state index contributed by atoms with van der Waals surface area (Å²) in [6.07, 6.45) is -1.27. The molecule has 7 heteroatoms. The molecular formula is C18H19F2NO4. The number of anilines is 1. The van der Waals surface area contributed by atoms with Crippen molar-refractivity contribution in [2.45, 2.75) is 27.1 Å². The number of hydrogen-bond donors (Lipinski definition) is 1. The first-order valence-electron chi connectivity index (χ1n) is 7.52. The fourth-order valence-corrected chi connectivity index (χ4v) is 2.34. The van der Waals surface area contributed by atoms with E-state index in [2.05, 4.69) is 10.1 Å². The van der Waals surface area contributed by atoms with Crippen molar-refractivity contribution < 1.29 is 27.8 Å². The standard InChI is InChI=1S/C18H19F2NO4/c1-11-7-8-14(12(2)9-11)24-10-13-5-4-6-15(23-3)16(13)21-18(22)25-17(19)20/h4-9,17H,10H2,1-3H3,(H,21,22). The maximum atomic E-state index is 12.2. The summed E-state index contributed by atoms with van der Waals surface area (Å²) in [6, 6.07) is 10.8. The summed E-state index contributed by atoms with van der Waals surface area (Å²) in [6.45, 7) is 0.818. The smallest absolute Gasteiger partial charge is 0.416 e. The fraction of sp³-hybridized carbons (Fsp3) is 0.278. The Bertz CT molecular complexity index is 750. The third-order valence-corrected chi connectivity index (χ3v) is 3.47. The van der Waals surface area contributed by atoms with Gasteiger partial charge in [0.25, 0.3) is 0 Å². The lowest BCUT2D eigenvalue weighted by atomic mass is 10.1. The van der Waals surface area contributed by atoms with Crippen molar-refractivity contribution in [1.82, 2.24) is 0 Å². The molecule has 0 saturated carbocycles. The summed E-state index contributed by atoms with van der Waals surface area (Å²) in [5.74, 6) is 1.00. The van der Waals surface area contributed by atoms with Crippen LogP contribution in [0.25, 0.3) is 0 Å². The van der Waals surface area contributed by atoms with Crippen LogP contribution in [0.4, 0.5) is 19.3 Å². The molecule has 0 fully saturated rings. The Hall–Kier alpha value is -2.83. The van der Waals surface area contributed by atoms with Gasteiger partial charge >= 0.3 is 12.7 Å². The lowest BCUT2D eigenvalue weighted by molar-refractivity contribution is -0.0766.